The Kier molecular flexibility index (Phi) is 4.16. The summed E-state index contributed by atoms with van der Waals surface area (Å²) in [5.41, 5.74) is 0.329. The monoisotopic (exact) mass is 272 g/mol. The van der Waals surface area contributed by atoms with E-state index in [0.717, 1.165) is 32.0 Å². The molecule has 1 aromatic rings. The van der Waals surface area contributed by atoms with Crippen molar-refractivity contribution in [1.29, 1.82) is 0 Å². The number of hydrogen-bond acceptors (Lipinski definition) is 2. The quantitative estimate of drug-likeness (QED) is 0.851. The van der Waals surface area contributed by atoms with E-state index < -0.39 is 17.5 Å². The maximum Gasteiger partial charge on any atom is 0.161 e. The van der Waals surface area contributed by atoms with Crippen LogP contribution in [0.2, 0.25) is 0 Å². The van der Waals surface area contributed by atoms with E-state index in [2.05, 4.69) is 17.1 Å². The first kappa shape index (κ1) is 14.3. The normalized spacial score (nSPS) is 19.6. The van der Waals surface area contributed by atoms with Crippen LogP contribution in [0.4, 0.5) is 13.2 Å². The molecule has 0 amide bonds. The lowest BCUT2D eigenvalue weighted by atomic mass is 9.90. The van der Waals surface area contributed by atoms with Crippen molar-refractivity contribution in [3.63, 3.8) is 0 Å². The summed E-state index contributed by atoms with van der Waals surface area (Å²) in [6, 6.07) is 1.57. The van der Waals surface area contributed by atoms with Crippen LogP contribution in [-0.4, -0.2) is 30.6 Å². The molecule has 0 aliphatic carbocycles. The van der Waals surface area contributed by atoms with Crippen LogP contribution in [0.15, 0.2) is 12.1 Å². The van der Waals surface area contributed by atoms with E-state index >= 15 is 0 Å². The molecule has 1 aliphatic heterocycles. The topological polar surface area (TPSA) is 15.3 Å². The molecule has 1 aromatic carbocycles. The van der Waals surface area contributed by atoms with Crippen molar-refractivity contribution in [2.45, 2.75) is 31.8 Å². The minimum Gasteiger partial charge on any atom is -0.314 e. The molecule has 0 spiro atoms. The Morgan fingerprint density at radius 2 is 1.68 bits per heavy atom. The number of piperidine rings is 1. The van der Waals surface area contributed by atoms with Gasteiger partial charge in [0.25, 0.3) is 0 Å². The van der Waals surface area contributed by atoms with Crippen molar-refractivity contribution in [2.75, 3.05) is 20.1 Å². The number of likely N-dealkylation sites (tertiary alicyclic amines) is 1. The van der Waals surface area contributed by atoms with Gasteiger partial charge in [-0.25, -0.2) is 13.2 Å². The Hall–Kier alpha value is -1.07. The zero-order valence-electron chi connectivity index (χ0n) is 11.3. The second-order valence-electron chi connectivity index (χ2n) is 5.44. The lowest BCUT2D eigenvalue weighted by molar-refractivity contribution is 0.145. The molecule has 2 nitrogen and oxygen atoms in total. The Labute approximate surface area is 111 Å². The highest BCUT2D eigenvalue weighted by molar-refractivity contribution is 5.20. The summed E-state index contributed by atoms with van der Waals surface area (Å²) in [6.07, 6.45) is 1.91. The third-order valence-electron chi connectivity index (χ3n) is 4.05. The Balaban J connectivity index is 2.02. The van der Waals surface area contributed by atoms with Crippen molar-refractivity contribution < 1.29 is 13.2 Å². The molecule has 0 unspecified atom stereocenters. The maximum atomic E-state index is 13.6. The van der Waals surface area contributed by atoms with Crippen LogP contribution in [0.1, 0.15) is 25.3 Å². The average Bonchev–Trinajstić information content (AvgIpc) is 2.39. The van der Waals surface area contributed by atoms with E-state index in [4.69, 9.17) is 0 Å². The molecule has 5 heteroatoms. The van der Waals surface area contributed by atoms with Gasteiger partial charge in [-0.15, -0.1) is 0 Å². The van der Waals surface area contributed by atoms with Crippen molar-refractivity contribution in [3.8, 4) is 0 Å². The first-order valence-corrected chi connectivity index (χ1v) is 6.48. The highest BCUT2D eigenvalue weighted by Gasteiger charge is 2.28. The summed E-state index contributed by atoms with van der Waals surface area (Å²) in [5.74, 6) is -2.81. The average molecular weight is 272 g/mol. The first-order chi connectivity index (χ1) is 8.93. The van der Waals surface area contributed by atoms with Gasteiger partial charge in [-0.2, -0.15) is 0 Å². The lowest BCUT2D eigenvalue weighted by Gasteiger charge is -2.39. The molecular weight excluding hydrogens is 253 g/mol. The summed E-state index contributed by atoms with van der Waals surface area (Å²) < 4.78 is 39.5. The molecule has 2 rings (SSSR count). The highest BCUT2D eigenvalue weighted by atomic mass is 19.2. The minimum atomic E-state index is -1.14. The van der Waals surface area contributed by atoms with E-state index in [0.29, 0.717) is 12.6 Å². The smallest absolute Gasteiger partial charge is 0.161 e. The molecule has 1 heterocycles. The highest BCUT2D eigenvalue weighted by Crippen LogP contribution is 2.23. The number of halogens is 3. The Morgan fingerprint density at radius 1 is 1.11 bits per heavy atom. The van der Waals surface area contributed by atoms with Gasteiger partial charge in [-0.05, 0) is 32.9 Å². The van der Waals surface area contributed by atoms with Crippen LogP contribution in [0, 0.1) is 17.5 Å². The van der Waals surface area contributed by atoms with Gasteiger partial charge in [-0.3, -0.25) is 4.90 Å². The van der Waals surface area contributed by atoms with E-state index in [-0.39, 0.29) is 11.1 Å². The van der Waals surface area contributed by atoms with Crippen LogP contribution in [0.3, 0.4) is 0 Å². The van der Waals surface area contributed by atoms with Crippen LogP contribution < -0.4 is 5.32 Å². The number of benzene rings is 1. The SMILES string of the molecule is CNC1(C)CCN(Cc2cc(F)c(F)cc2F)CC1. The van der Waals surface area contributed by atoms with Gasteiger partial charge < -0.3 is 5.32 Å². The molecule has 0 bridgehead atoms. The fraction of sp³-hybridized carbons (Fsp3) is 0.571. The fourth-order valence-electron chi connectivity index (χ4n) is 2.38. The second kappa shape index (κ2) is 5.51. The Morgan fingerprint density at radius 3 is 2.26 bits per heavy atom. The summed E-state index contributed by atoms with van der Waals surface area (Å²) in [4.78, 5) is 2.06. The van der Waals surface area contributed by atoms with E-state index in [1.807, 2.05) is 7.05 Å². The molecule has 1 fully saturated rings. The molecule has 0 saturated carbocycles. The standard InChI is InChI=1S/C14H19F3N2/c1-14(18-2)3-5-19(6-4-14)9-10-7-12(16)13(17)8-11(10)15/h7-8,18H,3-6,9H2,1-2H3. The largest absolute Gasteiger partial charge is 0.314 e. The Bertz CT molecular complexity index is 454. The maximum absolute atomic E-state index is 13.6. The predicted molar refractivity (Wildman–Crippen MR) is 68.3 cm³/mol. The molecule has 19 heavy (non-hydrogen) atoms. The molecule has 1 aliphatic rings. The zero-order valence-corrected chi connectivity index (χ0v) is 11.3. The molecule has 1 saturated heterocycles. The molecular formula is C14H19F3N2. The van der Waals surface area contributed by atoms with E-state index in [1.54, 1.807) is 0 Å². The van der Waals surface area contributed by atoms with Gasteiger partial charge >= 0.3 is 0 Å². The van der Waals surface area contributed by atoms with E-state index in [1.165, 1.54) is 0 Å². The minimum absolute atomic E-state index is 0.114. The molecule has 106 valence electrons. The van der Waals surface area contributed by atoms with E-state index in [9.17, 15) is 13.2 Å². The number of nitrogens with one attached hydrogen (secondary N) is 1. The lowest BCUT2D eigenvalue weighted by Crippen LogP contribution is -2.49. The number of nitrogens with zero attached hydrogens (tertiary/aromatic N) is 1. The van der Waals surface area contributed by atoms with Crippen molar-refractivity contribution in [3.05, 3.63) is 35.1 Å². The first-order valence-electron chi connectivity index (χ1n) is 6.48. The van der Waals surface area contributed by atoms with Gasteiger partial charge in [0.05, 0.1) is 0 Å². The summed E-state index contributed by atoms with van der Waals surface area (Å²) in [6.45, 7) is 4.11. The zero-order chi connectivity index (χ0) is 14.0. The number of hydrogen-bond donors (Lipinski definition) is 1. The van der Waals surface area contributed by atoms with Crippen molar-refractivity contribution in [2.24, 2.45) is 0 Å². The van der Waals surface area contributed by atoms with Crippen LogP contribution in [0.25, 0.3) is 0 Å². The summed E-state index contributed by atoms with van der Waals surface area (Å²) in [5, 5.41) is 3.28. The molecule has 0 aromatic heterocycles. The van der Waals surface area contributed by atoms with Gasteiger partial charge in [0.2, 0.25) is 0 Å². The molecule has 1 N–H and O–H groups in total. The van der Waals surface area contributed by atoms with Crippen molar-refractivity contribution in [1.82, 2.24) is 10.2 Å². The third kappa shape index (κ3) is 3.28. The van der Waals surface area contributed by atoms with Gasteiger partial charge in [0, 0.05) is 36.8 Å². The summed E-state index contributed by atoms with van der Waals surface area (Å²) >= 11 is 0. The molecule has 0 radical (unpaired) electrons. The second-order valence-corrected chi connectivity index (χ2v) is 5.44. The van der Waals surface area contributed by atoms with Crippen LogP contribution in [-0.2, 0) is 6.54 Å². The summed E-state index contributed by atoms with van der Waals surface area (Å²) in [7, 11) is 1.94. The van der Waals surface area contributed by atoms with Crippen LogP contribution in [0.5, 0.6) is 0 Å². The van der Waals surface area contributed by atoms with Gasteiger partial charge in [-0.1, -0.05) is 0 Å². The van der Waals surface area contributed by atoms with Crippen LogP contribution >= 0.6 is 0 Å². The third-order valence-corrected chi connectivity index (χ3v) is 4.05. The predicted octanol–water partition coefficient (Wildman–Crippen LogP) is 2.68. The van der Waals surface area contributed by atoms with Crippen molar-refractivity contribution >= 4 is 0 Å². The molecule has 0 atom stereocenters. The van der Waals surface area contributed by atoms with Gasteiger partial charge in [0.15, 0.2) is 11.6 Å². The number of rotatable bonds is 3. The van der Waals surface area contributed by atoms with Gasteiger partial charge in [0.1, 0.15) is 5.82 Å². The fourth-order valence-corrected chi connectivity index (χ4v) is 2.38.